The second-order valence-corrected chi connectivity index (χ2v) is 6.97. The van der Waals surface area contributed by atoms with Crippen LogP contribution in [0.3, 0.4) is 0 Å². The highest BCUT2D eigenvalue weighted by molar-refractivity contribution is 7.16. The number of rotatable bonds is 7. The summed E-state index contributed by atoms with van der Waals surface area (Å²) in [5.74, 6) is 1.02. The van der Waals surface area contributed by atoms with Crippen molar-refractivity contribution in [3.63, 3.8) is 0 Å². The Morgan fingerprint density at radius 3 is 2.76 bits per heavy atom. The predicted octanol–water partition coefficient (Wildman–Crippen LogP) is 4.10. The lowest BCUT2D eigenvalue weighted by molar-refractivity contribution is 0.798. The summed E-state index contributed by atoms with van der Waals surface area (Å²) in [6, 6.07) is 8.38. The molecule has 0 spiro atoms. The van der Waals surface area contributed by atoms with Crippen molar-refractivity contribution in [2.24, 2.45) is 0 Å². The summed E-state index contributed by atoms with van der Waals surface area (Å²) in [7, 11) is 4.05. The zero-order valence-electron chi connectivity index (χ0n) is 12.8. The van der Waals surface area contributed by atoms with Crippen molar-refractivity contribution < 1.29 is 0 Å². The van der Waals surface area contributed by atoms with Gasteiger partial charge < -0.3 is 10.2 Å². The molecule has 0 saturated heterocycles. The van der Waals surface area contributed by atoms with Crippen LogP contribution in [0.4, 0.5) is 5.82 Å². The van der Waals surface area contributed by atoms with Crippen LogP contribution >= 0.6 is 22.9 Å². The monoisotopic (exact) mass is 323 g/mol. The van der Waals surface area contributed by atoms with E-state index in [1.54, 1.807) is 11.3 Å². The zero-order chi connectivity index (χ0) is 15.2. The fourth-order valence-electron chi connectivity index (χ4n) is 2.27. The fraction of sp³-hybridized carbons (Fsp3) is 0.438. The molecule has 0 atom stereocenters. The van der Waals surface area contributed by atoms with E-state index in [4.69, 9.17) is 16.6 Å². The molecule has 0 aromatic carbocycles. The van der Waals surface area contributed by atoms with Crippen LogP contribution in [0.2, 0.25) is 4.34 Å². The lowest BCUT2D eigenvalue weighted by Crippen LogP contribution is -2.18. The van der Waals surface area contributed by atoms with Crippen molar-refractivity contribution in [3.8, 4) is 0 Å². The van der Waals surface area contributed by atoms with Crippen molar-refractivity contribution in [2.45, 2.75) is 32.9 Å². The van der Waals surface area contributed by atoms with Crippen LogP contribution in [0.1, 0.15) is 29.5 Å². The first-order chi connectivity index (χ1) is 10.1. The number of nitrogens with zero attached hydrogens (tertiary/aromatic N) is 2. The largest absolute Gasteiger partial charge is 0.355 e. The van der Waals surface area contributed by atoms with E-state index in [-0.39, 0.29) is 0 Å². The maximum Gasteiger partial charge on any atom is 0.129 e. The van der Waals surface area contributed by atoms with Crippen molar-refractivity contribution in [3.05, 3.63) is 44.7 Å². The molecule has 2 heterocycles. The van der Waals surface area contributed by atoms with Crippen LogP contribution in [0, 0.1) is 0 Å². The Bertz CT molecular complexity index is 558. The molecule has 2 aromatic heterocycles. The van der Waals surface area contributed by atoms with Gasteiger partial charge in [-0.1, -0.05) is 24.9 Å². The summed E-state index contributed by atoms with van der Waals surface area (Å²) < 4.78 is 0.835. The highest BCUT2D eigenvalue weighted by Gasteiger charge is 2.09. The molecule has 0 saturated carbocycles. The smallest absolute Gasteiger partial charge is 0.129 e. The molecule has 5 heteroatoms. The maximum absolute atomic E-state index is 6.00. The number of hydrogen-bond acceptors (Lipinski definition) is 4. The minimum Gasteiger partial charge on any atom is -0.355 e. The van der Waals surface area contributed by atoms with E-state index >= 15 is 0 Å². The molecule has 0 fully saturated rings. The first-order valence-electron chi connectivity index (χ1n) is 7.22. The summed E-state index contributed by atoms with van der Waals surface area (Å²) in [4.78, 5) is 8.21. The van der Waals surface area contributed by atoms with Gasteiger partial charge in [0.2, 0.25) is 0 Å². The summed E-state index contributed by atoms with van der Waals surface area (Å²) in [5.41, 5.74) is 2.44. The molecular formula is C16H22ClN3S. The van der Waals surface area contributed by atoms with Crippen LogP contribution in [-0.4, -0.2) is 19.1 Å². The molecular weight excluding hydrogens is 302 g/mol. The summed E-state index contributed by atoms with van der Waals surface area (Å²) in [6.07, 6.45) is 2.13. The van der Waals surface area contributed by atoms with Gasteiger partial charge in [-0.05, 0) is 43.3 Å². The Labute approximate surface area is 136 Å². The van der Waals surface area contributed by atoms with E-state index in [2.05, 4.69) is 42.4 Å². The summed E-state index contributed by atoms with van der Waals surface area (Å²) in [5, 5.41) is 3.21. The number of aromatic nitrogens is 1. The Morgan fingerprint density at radius 1 is 1.33 bits per heavy atom. The highest BCUT2D eigenvalue weighted by Crippen LogP contribution is 2.24. The molecule has 0 aliphatic heterocycles. The highest BCUT2D eigenvalue weighted by atomic mass is 35.5. The number of anilines is 1. The van der Waals surface area contributed by atoms with Crippen LogP contribution in [-0.2, 0) is 19.5 Å². The topological polar surface area (TPSA) is 28.2 Å². The molecule has 0 amide bonds. The molecule has 0 aliphatic carbocycles. The molecule has 2 rings (SSSR count). The van der Waals surface area contributed by atoms with E-state index in [0.717, 1.165) is 41.8 Å². The third kappa shape index (κ3) is 4.70. The van der Waals surface area contributed by atoms with E-state index in [0.29, 0.717) is 0 Å². The average molecular weight is 324 g/mol. The van der Waals surface area contributed by atoms with E-state index in [1.165, 1.54) is 10.4 Å². The molecule has 114 valence electrons. The van der Waals surface area contributed by atoms with Gasteiger partial charge in [-0.25, -0.2) is 4.98 Å². The second kappa shape index (κ2) is 7.78. The molecule has 0 radical (unpaired) electrons. The molecule has 0 aliphatic rings. The maximum atomic E-state index is 6.00. The van der Waals surface area contributed by atoms with Gasteiger partial charge in [-0.3, -0.25) is 0 Å². The van der Waals surface area contributed by atoms with Crippen molar-refractivity contribution in [1.29, 1.82) is 0 Å². The Kier molecular flexibility index (Phi) is 6.03. The van der Waals surface area contributed by atoms with Crippen LogP contribution in [0.25, 0.3) is 0 Å². The van der Waals surface area contributed by atoms with Gasteiger partial charge in [0.25, 0.3) is 0 Å². The molecule has 0 unspecified atom stereocenters. The van der Waals surface area contributed by atoms with Crippen molar-refractivity contribution in [2.75, 3.05) is 19.0 Å². The number of halogens is 1. The third-order valence-corrected chi connectivity index (χ3v) is 4.44. The SMILES string of the molecule is CCCc1cc(CNC)cc(N(C)Cc2ccc(Cl)s2)n1. The van der Waals surface area contributed by atoms with Gasteiger partial charge >= 0.3 is 0 Å². The standard InChI is InChI=1S/C16H22ClN3S/c1-4-5-13-8-12(10-18-2)9-16(19-13)20(3)11-14-6-7-15(17)21-14/h6-9,18H,4-5,10-11H2,1-3H3. The van der Waals surface area contributed by atoms with Crippen LogP contribution in [0.5, 0.6) is 0 Å². The minimum absolute atomic E-state index is 0.832. The van der Waals surface area contributed by atoms with Gasteiger partial charge in [0.05, 0.1) is 10.9 Å². The van der Waals surface area contributed by atoms with Gasteiger partial charge in [0.1, 0.15) is 5.82 Å². The number of hydrogen-bond donors (Lipinski definition) is 1. The van der Waals surface area contributed by atoms with Crippen LogP contribution < -0.4 is 10.2 Å². The summed E-state index contributed by atoms with van der Waals surface area (Å²) >= 11 is 7.62. The number of pyridine rings is 1. The van der Waals surface area contributed by atoms with Gasteiger partial charge in [0, 0.05) is 24.2 Å². The van der Waals surface area contributed by atoms with E-state index in [1.807, 2.05) is 13.1 Å². The quantitative estimate of drug-likeness (QED) is 0.831. The first kappa shape index (κ1) is 16.3. The van der Waals surface area contributed by atoms with Crippen molar-refractivity contribution >= 4 is 28.8 Å². The normalized spacial score (nSPS) is 10.9. The Hall–Kier alpha value is -1.10. The zero-order valence-corrected chi connectivity index (χ0v) is 14.4. The van der Waals surface area contributed by atoms with Gasteiger partial charge in [-0.15, -0.1) is 11.3 Å². The Balaban J connectivity index is 2.19. The number of thiophene rings is 1. The van der Waals surface area contributed by atoms with E-state index in [9.17, 15) is 0 Å². The number of nitrogens with one attached hydrogen (secondary N) is 1. The molecule has 21 heavy (non-hydrogen) atoms. The molecule has 1 N–H and O–H groups in total. The molecule has 0 bridgehead atoms. The molecule has 2 aromatic rings. The van der Waals surface area contributed by atoms with Gasteiger partial charge in [0.15, 0.2) is 0 Å². The Morgan fingerprint density at radius 2 is 2.14 bits per heavy atom. The summed E-state index contributed by atoms with van der Waals surface area (Å²) in [6.45, 7) is 3.88. The third-order valence-electron chi connectivity index (χ3n) is 3.22. The second-order valence-electron chi connectivity index (χ2n) is 5.17. The predicted molar refractivity (Wildman–Crippen MR) is 92.4 cm³/mol. The van der Waals surface area contributed by atoms with E-state index < -0.39 is 0 Å². The molecule has 3 nitrogen and oxygen atoms in total. The average Bonchev–Trinajstić information content (AvgIpc) is 2.84. The first-order valence-corrected chi connectivity index (χ1v) is 8.41. The van der Waals surface area contributed by atoms with Gasteiger partial charge in [-0.2, -0.15) is 0 Å². The minimum atomic E-state index is 0.832. The van der Waals surface area contributed by atoms with Crippen molar-refractivity contribution in [1.82, 2.24) is 10.3 Å². The lowest BCUT2D eigenvalue weighted by Gasteiger charge is -2.19. The fourth-order valence-corrected chi connectivity index (χ4v) is 3.41. The lowest BCUT2D eigenvalue weighted by atomic mass is 10.1. The van der Waals surface area contributed by atoms with Crippen LogP contribution in [0.15, 0.2) is 24.3 Å². The number of aryl methyl sites for hydroxylation is 1.